The number of carbonyl (C=O) groups excluding carboxylic acids is 2. The number of alkyl halides is 3. The van der Waals surface area contributed by atoms with Crippen LogP contribution in [-0.4, -0.2) is 42.1 Å². The van der Waals surface area contributed by atoms with Crippen LogP contribution in [0.4, 0.5) is 23.7 Å². The highest BCUT2D eigenvalue weighted by Gasteiger charge is 2.33. The van der Waals surface area contributed by atoms with E-state index in [2.05, 4.69) is 8.65 Å². The predicted molar refractivity (Wildman–Crippen MR) is 124 cm³/mol. The van der Waals surface area contributed by atoms with Crippen LogP contribution in [0.3, 0.4) is 0 Å². The fourth-order valence-electron chi connectivity index (χ4n) is 3.66. The van der Waals surface area contributed by atoms with Crippen LogP contribution < -0.4 is 10.4 Å². The first-order valence-electron chi connectivity index (χ1n) is 10.1. The predicted octanol–water partition coefficient (Wildman–Crippen LogP) is 4.95. The van der Waals surface area contributed by atoms with Crippen LogP contribution in [0.2, 0.25) is 0 Å². The molecule has 1 heterocycles. The summed E-state index contributed by atoms with van der Waals surface area (Å²) in [5, 5.41) is 0. The molecule has 1 fully saturated rings. The van der Waals surface area contributed by atoms with Gasteiger partial charge in [-0.2, -0.15) is 13.2 Å². The molecular formula is C22H23F3IN3O4. The van der Waals surface area contributed by atoms with Crippen LogP contribution in [0.5, 0.6) is 0 Å². The molecule has 0 bridgehead atoms. The van der Waals surface area contributed by atoms with Gasteiger partial charge in [0.2, 0.25) is 0 Å². The smallest absolute Gasteiger partial charge is 0.372 e. The minimum Gasteiger partial charge on any atom is -0.372 e. The van der Waals surface area contributed by atoms with Crippen molar-refractivity contribution in [1.82, 2.24) is 10.4 Å². The van der Waals surface area contributed by atoms with Crippen LogP contribution >= 0.6 is 23.0 Å². The Morgan fingerprint density at radius 3 is 2.36 bits per heavy atom. The van der Waals surface area contributed by atoms with Crippen molar-refractivity contribution in [3.05, 3.63) is 65.2 Å². The number of benzene rings is 2. The highest BCUT2D eigenvalue weighted by atomic mass is 127. The molecule has 3 amide bonds. The fraction of sp³-hybridized carbons (Fsp3) is 0.364. The summed E-state index contributed by atoms with van der Waals surface area (Å²) < 4.78 is 50.2. The van der Waals surface area contributed by atoms with Gasteiger partial charge in [-0.1, -0.05) is 18.2 Å². The largest absolute Gasteiger partial charge is 0.416 e. The van der Waals surface area contributed by atoms with Crippen molar-refractivity contribution in [3.8, 4) is 0 Å². The van der Waals surface area contributed by atoms with Crippen molar-refractivity contribution in [3.63, 3.8) is 0 Å². The quantitative estimate of drug-likeness (QED) is 0.404. The van der Waals surface area contributed by atoms with Gasteiger partial charge in [-0.25, -0.2) is 13.4 Å². The summed E-state index contributed by atoms with van der Waals surface area (Å²) in [4.78, 5) is 28.2. The average Bonchev–Trinajstić information content (AvgIpc) is 2.76. The third-order valence-corrected chi connectivity index (χ3v) is 5.31. The van der Waals surface area contributed by atoms with E-state index in [0.717, 1.165) is 12.1 Å². The maximum atomic E-state index is 13.4. The van der Waals surface area contributed by atoms with Gasteiger partial charge in [0.1, 0.15) is 23.0 Å². The molecule has 2 aromatic carbocycles. The van der Waals surface area contributed by atoms with E-state index in [1.165, 1.54) is 40.0 Å². The Balaban J connectivity index is 1.92. The summed E-state index contributed by atoms with van der Waals surface area (Å²) in [5.74, 6) is -0.446. The number of anilines is 1. The van der Waals surface area contributed by atoms with Gasteiger partial charge in [-0.3, -0.25) is 9.69 Å². The molecule has 178 valence electrons. The molecule has 7 nitrogen and oxygen atoms in total. The molecule has 0 spiro atoms. The van der Waals surface area contributed by atoms with E-state index in [0.29, 0.717) is 24.2 Å². The summed E-state index contributed by atoms with van der Waals surface area (Å²) >= 11 is 1.53. The minimum atomic E-state index is -4.54. The van der Waals surface area contributed by atoms with E-state index in [-0.39, 0.29) is 24.4 Å². The van der Waals surface area contributed by atoms with E-state index >= 15 is 0 Å². The minimum absolute atomic E-state index is 0.0188. The fourth-order valence-corrected chi connectivity index (χ4v) is 3.86. The number of nitrogens with one attached hydrogen (secondary N) is 1. The van der Waals surface area contributed by atoms with Gasteiger partial charge in [0.05, 0.1) is 24.3 Å². The molecule has 33 heavy (non-hydrogen) atoms. The number of halogens is 4. The summed E-state index contributed by atoms with van der Waals surface area (Å²) in [6.07, 6.45) is -4.93. The molecule has 2 aromatic rings. The van der Waals surface area contributed by atoms with Gasteiger partial charge < -0.3 is 9.64 Å². The monoisotopic (exact) mass is 577 g/mol. The molecule has 1 N–H and O–H groups in total. The molecule has 0 radical (unpaired) electrons. The first-order chi connectivity index (χ1) is 15.6. The Morgan fingerprint density at radius 1 is 1.15 bits per heavy atom. The van der Waals surface area contributed by atoms with Crippen LogP contribution in [0, 0.1) is 0 Å². The zero-order valence-electron chi connectivity index (χ0n) is 17.9. The molecule has 11 heteroatoms. The lowest BCUT2D eigenvalue weighted by molar-refractivity contribution is -0.137. The molecule has 2 unspecified atom stereocenters. The van der Waals surface area contributed by atoms with Crippen molar-refractivity contribution < 1.29 is 30.7 Å². The van der Waals surface area contributed by atoms with Crippen LogP contribution in [0.25, 0.3) is 0 Å². The lowest BCUT2D eigenvalue weighted by atomic mass is 10.1. The third-order valence-electron chi connectivity index (χ3n) is 5.09. The first kappa shape index (κ1) is 25.2. The Hall–Kier alpha value is -2.38. The number of amides is 3. The van der Waals surface area contributed by atoms with Gasteiger partial charge in [0.15, 0.2) is 0 Å². The van der Waals surface area contributed by atoms with E-state index in [1.54, 1.807) is 29.2 Å². The van der Waals surface area contributed by atoms with E-state index in [9.17, 15) is 22.8 Å². The highest BCUT2D eigenvalue weighted by molar-refractivity contribution is 14.1. The number of carbonyl (C=O) groups is 2. The van der Waals surface area contributed by atoms with Crippen LogP contribution in [0.1, 0.15) is 35.3 Å². The number of nitrogens with zero attached hydrogens (tertiary/aromatic N) is 2. The number of ether oxygens (including phenoxy) is 1. The van der Waals surface area contributed by atoms with Crippen LogP contribution in [-0.2, 0) is 20.6 Å². The van der Waals surface area contributed by atoms with Crippen molar-refractivity contribution >= 4 is 40.6 Å². The number of hydroxylamine groups is 1. The summed E-state index contributed by atoms with van der Waals surface area (Å²) in [6.45, 7) is 4.36. The molecule has 1 saturated heterocycles. The summed E-state index contributed by atoms with van der Waals surface area (Å²) in [7, 11) is 0. The maximum absolute atomic E-state index is 13.4. The second-order valence-electron chi connectivity index (χ2n) is 7.78. The molecular weight excluding hydrogens is 554 g/mol. The Kier molecular flexibility index (Phi) is 8.19. The van der Waals surface area contributed by atoms with Crippen molar-refractivity contribution in [2.24, 2.45) is 0 Å². The van der Waals surface area contributed by atoms with Gasteiger partial charge in [-0.05, 0) is 49.7 Å². The Bertz CT molecular complexity index is 978. The summed E-state index contributed by atoms with van der Waals surface area (Å²) in [5.41, 5.74) is 2.46. The molecule has 2 atom stereocenters. The van der Waals surface area contributed by atoms with Gasteiger partial charge in [0, 0.05) is 24.3 Å². The average molecular weight is 577 g/mol. The summed E-state index contributed by atoms with van der Waals surface area (Å²) in [6, 6.07) is 10.6. The van der Waals surface area contributed by atoms with Gasteiger partial charge >= 0.3 is 12.2 Å². The maximum Gasteiger partial charge on any atom is 0.416 e. The number of morpholine rings is 1. The topological polar surface area (TPSA) is 71.1 Å². The van der Waals surface area contributed by atoms with E-state index in [4.69, 9.17) is 4.74 Å². The molecule has 0 aromatic heterocycles. The van der Waals surface area contributed by atoms with E-state index in [1.807, 2.05) is 13.8 Å². The first-order valence-corrected chi connectivity index (χ1v) is 11.0. The lowest BCUT2D eigenvalue weighted by Crippen LogP contribution is -2.52. The number of hydrogen-bond donors (Lipinski definition) is 1. The Morgan fingerprint density at radius 2 is 1.79 bits per heavy atom. The number of hydrogen-bond acceptors (Lipinski definition) is 4. The third kappa shape index (κ3) is 6.58. The molecule has 1 aliphatic heterocycles. The van der Waals surface area contributed by atoms with Crippen molar-refractivity contribution in [2.45, 2.75) is 38.8 Å². The Labute approximate surface area is 203 Å². The van der Waals surface area contributed by atoms with Crippen molar-refractivity contribution in [2.75, 3.05) is 18.0 Å². The van der Waals surface area contributed by atoms with Crippen molar-refractivity contribution in [1.29, 1.82) is 0 Å². The normalized spacial score (nSPS) is 18.7. The van der Waals surface area contributed by atoms with Crippen LogP contribution in [0.15, 0.2) is 48.5 Å². The highest BCUT2D eigenvalue weighted by Crippen LogP contribution is 2.32. The molecule has 0 aliphatic carbocycles. The zero-order valence-corrected chi connectivity index (χ0v) is 20.1. The second-order valence-corrected chi connectivity index (χ2v) is 8.22. The van der Waals surface area contributed by atoms with Gasteiger partial charge in [-0.15, -0.1) is 0 Å². The van der Waals surface area contributed by atoms with Gasteiger partial charge in [0.25, 0.3) is 5.91 Å². The zero-order chi connectivity index (χ0) is 24.2. The van der Waals surface area contributed by atoms with E-state index < -0.39 is 23.7 Å². The number of rotatable bonds is 5. The standard InChI is InChI=1S/C22H23F3IN3O4/c1-14-11-28(12-15(2)32-14)21(31)29(19-5-3-4-18(10-19)22(23,24)25)13-16-6-8-17(9-7-16)20(30)27-33-26/h3-10,14-15H,11-13H2,1-2H3,(H,27,30). The number of urea groups is 1. The second kappa shape index (κ2) is 10.7. The molecule has 3 rings (SSSR count). The SMILES string of the molecule is CC1CN(C(=O)N(Cc2ccc(C(=O)NOI)cc2)c2cccc(C(F)(F)F)c2)CC(C)O1. The molecule has 0 saturated carbocycles. The lowest BCUT2D eigenvalue weighted by Gasteiger charge is -2.38. The molecule has 1 aliphatic rings.